The number of aromatic nitrogens is 1. The van der Waals surface area contributed by atoms with Gasteiger partial charge in [-0.05, 0) is 86.6 Å². The second-order valence-electron chi connectivity index (χ2n) is 10.5. The fourth-order valence-electron chi connectivity index (χ4n) is 5.44. The van der Waals surface area contributed by atoms with Crippen LogP contribution in [0.25, 0.3) is 12.2 Å². The van der Waals surface area contributed by atoms with Crippen LogP contribution in [0.5, 0.6) is 0 Å². The lowest BCUT2D eigenvalue weighted by molar-refractivity contribution is -0.140. The summed E-state index contributed by atoms with van der Waals surface area (Å²) in [4.78, 5) is 45.3. The summed E-state index contributed by atoms with van der Waals surface area (Å²) in [5.41, 5.74) is 11.5. The first-order valence-corrected chi connectivity index (χ1v) is 14.1. The van der Waals surface area contributed by atoms with Crippen LogP contribution in [0.3, 0.4) is 0 Å². The topological polar surface area (TPSA) is 113 Å². The van der Waals surface area contributed by atoms with Gasteiger partial charge in [0.05, 0.1) is 24.2 Å². The molecule has 1 aromatic heterocycles. The van der Waals surface area contributed by atoms with Crippen molar-refractivity contribution >= 4 is 35.6 Å². The molecule has 0 bridgehead atoms. The van der Waals surface area contributed by atoms with Crippen molar-refractivity contribution < 1.29 is 19.1 Å². The number of methoxy groups -OCH3 is 1. The van der Waals surface area contributed by atoms with Gasteiger partial charge < -0.3 is 20.4 Å². The quantitative estimate of drug-likeness (QED) is 0.309. The molecule has 0 saturated carbocycles. The lowest BCUT2D eigenvalue weighted by atomic mass is 9.98. The molecule has 2 amide bonds. The molecule has 3 N–H and O–H groups in total. The summed E-state index contributed by atoms with van der Waals surface area (Å²) in [5, 5.41) is 5.84. The first kappa shape index (κ1) is 30.2. The Kier molecular flexibility index (Phi) is 8.95. The number of hydrogen-bond donors (Lipinski definition) is 3. The standard InChI is InChI=1S/C34H38N4O4/c1-9-12-24-19(5)26(15-28-18(4)23(11-3)34(41)37-28)35-30(24)17-31-25(13-14-32(39)42-8)20(6)27(36-31)16-29-22(10-2)21(7)33(40)38-29/h10-11,15-17,35H,2-3,9,12-14H2,1,4-8H3,(H,37,41)(H,38,40)/b28-15-,29-16-,31-17-. The third-order valence-electron chi connectivity index (χ3n) is 7.99. The Balaban J connectivity index is 1.82. The van der Waals surface area contributed by atoms with E-state index in [0.29, 0.717) is 29.0 Å². The second kappa shape index (κ2) is 12.4. The number of ether oxygens (including phenoxy) is 1. The highest BCUT2D eigenvalue weighted by Gasteiger charge is 2.27. The molecular weight excluding hydrogens is 528 g/mol. The number of carbonyl (C=O) groups excluding carboxylic acids is 3. The maximum atomic E-state index is 12.3. The molecule has 0 atom stereocenters. The zero-order valence-electron chi connectivity index (χ0n) is 25.2. The van der Waals surface area contributed by atoms with E-state index in [1.165, 1.54) is 7.11 Å². The fourth-order valence-corrected chi connectivity index (χ4v) is 5.44. The van der Waals surface area contributed by atoms with Crippen LogP contribution in [0, 0.1) is 6.92 Å². The highest BCUT2D eigenvalue weighted by Crippen LogP contribution is 2.35. The predicted octanol–water partition coefficient (Wildman–Crippen LogP) is 5.83. The molecule has 0 saturated heterocycles. The molecule has 4 rings (SSSR count). The number of esters is 1. The molecule has 218 valence electrons. The van der Waals surface area contributed by atoms with Crippen molar-refractivity contribution in [2.75, 3.05) is 7.11 Å². The molecule has 1 aromatic rings. The molecule has 0 aliphatic carbocycles. The van der Waals surface area contributed by atoms with E-state index >= 15 is 0 Å². The van der Waals surface area contributed by atoms with Crippen molar-refractivity contribution in [2.45, 2.75) is 60.3 Å². The van der Waals surface area contributed by atoms with Crippen molar-refractivity contribution in [1.29, 1.82) is 0 Å². The van der Waals surface area contributed by atoms with E-state index in [1.54, 1.807) is 19.1 Å². The van der Waals surface area contributed by atoms with E-state index < -0.39 is 0 Å². The van der Waals surface area contributed by atoms with Crippen LogP contribution in [0.2, 0.25) is 0 Å². The first-order valence-electron chi connectivity index (χ1n) is 14.1. The van der Waals surface area contributed by atoms with Gasteiger partial charge in [0.15, 0.2) is 0 Å². The summed E-state index contributed by atoms with van der Waals surface area (Å²) in [6, 6.07) is 0. The molecule has 8 nitrogen and oxygen atoms in total. The van der Waals surface area contributed by atoms with Gasteiger partial charge in [0.1, 0.15) is 0 Å². The van der Waals surface area contributed by atoms with Crippen molar-refractivity contribution in [3.63, 3.8) is 0 Å². The van der Waals surface area contributed by atoms with Gasteiger partial charge >= 0.3 is 5.97 Å². The van der Waals surface area contributed by atoms with Gasteiger partial charge in [-0.25, -0.2) is 4.99 Å². The molecular formula is C34H38N4O4. The molecule has 0 fully saturated rings. The van der Waals surface area contributed by atoms with Crippen molar-refractivity contribution in [3.05, 3.63) is 104 Å². The Hall–Kier alpha value is -4.72. The van der Waals surface area contributed by atoms with E-state index in [2.05, 4.69) is 42.6 Å². The van der Waals surface area contributed by atoms with Gasteiger partial charge in [-0.3, -0.25) is 14.4 Å². The number of hydrogen-bond acceptors (Lipinski definition) is 5. The SMILES string of the molecule is C=CC1=C(C)/C(=C/c2[nH]c(/C=C3N=C(/C=C4\NC(=O)C(C)=C4C=C)C(C)=C\3CCC(=O)OC)c(CCC)c2C)NC1=O. The molecule has 3 aliphatic rings. The van der Waals surface area contributed by atoms with Crippen LogP contribution in [-0.2, 0) is 25.5 Å². The number of rotatable bonds is 10. The Morgan fingerprint density at radius 2 is 1.55 bits per heavy atom. The number of amides is 2. The monoisotopic (exact) mass is 566 g/mol. The molecule has 42 heavy (non-hydrogen) atoms. The highest BCUT2D eigenvalue weighted by molar-refractivity contribution is 6.14. The molecule has 0 aromatic carbocycles. The van der Waals surface area contributed by atoms with E-state index in [4.69, 9.17) is 9.73 Å². The second-order valence-corrected chi connectivity index (χ2v) is 10.5. The van der Waals surface area contributed by atoms with Crippen molar-refractivity contribution in [2.24, 2.45) is 4.99 Å². The van der Waals surface area contributed by atoms with Crippen LogP contribution in [0.4, 0.5) is 0 Å². The van der Waals surface area contributed by atoms with Crippen LogP contribution < -0.4 is 10.6 Å². The van der Waals surface area contributed by atoms with Gasteiger partial charge in [0.2, 0.25) is 0 Å². The lowest BCUT2D eigenvalue weighted by Crippen LogP contribution is -2.16. The Labute approximate surface area is 247 Å². The molecule has 0 spiro atoms. The highest BCUT2D eigenvalue weighted by atomic mass is 16.5. The van der Waals surface area contributed by atoms with Crippen LogP contribution in [-0.4, -0.2) is 35.6 Å². The third-order valence-corrected chi connectivity index (χ3v) is 7.99. The summed E-state index contributed by atoms with van der Waals surface area (Å²) in [5.74, 6) is -0.612. The van der Waals surface area contributed by atoms with Crippen LogP contribution in [0.15, 0.2) is 86.9 Å². The van der Waals surface area contributed by atoms with Crippen LogP contribution >= 0.6 is 0 Å². The zero-order valence-corrected chi connectivity index (χ0v) is 25.2. The summed E-state index contributed by atoms with van der Waals surface area (Å²) < 4.78 is 4.90. The van der Waals surface area contributed by atoms with Crippen molar-refractivity contribution in [1.82, 2.24) is 15.6 Å². The minimum atomic E-state index is -0.297. The lowest BCUT2D eigenvalue weighted by Gasteiger charge is -2.07. The van der Waals surface area contributed by atoms with E-state index in [9.17, 15) is 14.4 Å². The minimum absolute atomic E-state index is 0.157. The molecule has 0 unspecified atom stereocenters. The van der Waals surface area contributed by atoms with Gasteiger partial charge in [-0.15, -0.1) is 0 Å². The smallest absolute Gasteiger partial charge is 0.305 e. The summed E-state index contributed by atoms with van der Waals surface area (Å²) >= 11 is 0. The van der Waals surface area contributed by atoms with Gasteiger partial charge in [-0.1, -0.05) is 38.7 Å². The number of aromatic amines is 1. The maximum Gasteiger partial charge on any atom is 0.305 e. The number of aliphatic imine (C=N–C) groups is 1. The van der Waals surface area contributed by atoms with Gasteiger partial charge in [0, 0.05) is 40.2 Å². The largest absolute Gasteiger partial charge is 0.469 e. The number of H-pyrrole nitrogens is 1. The normalized spacial score (nSPS) is 19.9. The van der Waals surface area contributed by atoms with Gasteiger partial charge in [0.25, 0.3) is 11.8 Å². The molecule has 3 aliphatic heterocycles. The number of allylic oxidation sites excluding steroid dienone is 5. The van der Waals surface area contributed by atoms with E-state index in [0.717, 1.165) is 69.0 Å². The maximum absolute atomic E-state index is 12.3. The van der Waals surface area contributed by atoms with Gasteiger partial charge in [-0.2, -0.15) is 0 Å². The predicted molar refractivity (Wildman–Crippen MR) is 167 cm³/mol. The minimum Gasteiger partial charge on any atom is -0.469 e. The number of nitrogens with zero attached hydrogens (tertiary/aromatic N) is 1. The fraction of sp³-hybridized carbons (Fsp3) is 0.294. The Morgan fingerprint density at radius 1 is 0.857 bits per heavy atom. The number of carbonyl (C=O) groups is 3. The summed E-state index contributed by atoms with van der Waals surface area (Å²) in [6.07, 6.45) is 11.6. The van der Waals surface area contributed by atoms with E-state index in [1.807, 2.05) is 32.1 Å². The summed E-state index contributed by atoms with van der Waals surface area (Å²) in [6.45, 7) is 17.5. The Bertz CT molecular complexity index is 1630. The molecule has 0 radical (unpaired) electrons. The molecule has 4 heterocycles. The average Bonchev–Trinajstić information content (AvgIpc) is 3.61. The first-order chi connectivity index (χ1) is 20.0. The zero-order chi connectivity index (χ0) is 30.7. The number of nitrogens with one attached hydrogen (secondary N) is 3. The molecule has 8 heteroatoms. The average molecular weight is 567 g/mol. The van der Waals surface area contributed by atoms with E-state index in [-0.39, 0.29) is 24.2 Å². The third kappa shape index (κ3) is 5.70. The van der Waals surface area contributed by atoms with Crippen molar-refractivity contribution in [3.8, 4) is 0 Å². The summed E-state index contributed by atoms with van der Waals surface area (Å²) in [7, 11) is 1.38. The Morgan fingerprint density at radius 3 is 2.17 bits per heavy atom. The van der Waals surface area contributed by atoms with Crippen LogP contribution in [0.1, 0.15) is 69.5 Å².